The zero-order valence-electron chi connectivity index (χ0n) is 12.3. The zero-order chi connectivity index (χ0) is 16.1. The number of nitro benzene ring substituents is 1. The van der Waals surface area contributed by atoms with Gasteiger partial charge in [-0.1, -0.05) is 0 Å². The molecule has 22 heavy (non-hydrogen) atoms. The highest BCUT2D eigenvalue weighted by Gasteiger charge is 2.10. The lowest BCUT2D eigenvalue weighted by atomic mass is 10.2. The van der Waals surface area contributed by atoms with Gasteiger partial charge in [0, 0.05) is 30.6 Å². The van der Waals surface area contributed by atoms with E-state index in [0.717, 1.165) is 12.2 Å². The maximum Gasteiger partial charge on any atom is 0.269 e. The predicted molar refractivity (Wildman–Crippen MR) is 88.8 cm³/mol. The minimum absolute atomic E-state index is 0.0363. The van der Waals surface area contributed by atoms with Crippen LogP contribution in [-0.2, 0) is 6.54 Å². The maximum atomic E-state index is 10.6. The molecular formula is C14H17N5O2S. The molecule has 0 aliphatic carbocycles. The Hall–Kier alpha value is -2.48. The third-order valence-electron chi connectivity index (χ3n) is 3.11. The third-order valence-corrected chi connectivity index (χ3v) is 3.33. The van der Waals surface area contributed by atoms with Crippen molar-refractivity contribution in [3.8, 4) is 0 Å². The van der Waals surface area contributed by atoms with E-state index in [9.17, 15) is 10.1 Å². The van der Waals surface area contributed by atoms with E-state index in [-0.39, 0.29) is 11.7 Å². The summed E-state index contributed by atoms with van der Waals surface area (Å²) in [5.74, 6) is 0. The summed E-state index contributed by atoms with van der Waals surface area (Å²) in [6.07, 6.45) is 1.92. The van der Waals surface area contributed by atoms with Crippen LogP contribution in [0.1, 0.15) is 25.6 Å². The molecule has 0 saturated heterocycles. The number of non-ortho nitro benzene ring substituents is 1. The molecule has 1 aromatic carbocycles. The second-order valence-corrected chi connectivity index (χ2v) is 5.13. The van der Waals surface area contributed by atoms with Crippen LogP contribution in [0.15, 0.2) is 36.5 Å². The van der Waals surface area contributed by atoms with Crippen molar-refractivity contribution in [1.29, 1.82) is 0 Å². The van der Waals surface area contributed by atoms with Gasteiger partial charge in [-0.2, -0.15) is 5.10 Å². The van der Waals surface area contributed by atoms with Crippen LogP contribution in [0.4, 0.5) is 11.4 Å². The van der Waals surface area contributed by atoms with Crippen LogP contribution < -0.4 is 10.6 Å². The molecule has 0 radical (unpaired) electrons. The number of nitrogens with zero attached hydrogens (tertiary/aromatic N) is 3. The van der Waals surface area contributed by atoms with E-state index in [1.807, 2.05) is 30.8 Å². The summed E-state index contributed by atoms with van der Waals surface area (Å²) in [5.41, 5.74) is 1.63. The molecular weight excluding hydrogens is 302 g/mol. The monoisotopic (exact) mass is 319 g/mol. The first-order chi connectivity index (χ1) is 10.5. The van der Waals surface area contributed by atoms with Gasteiger partial charge in [0.25, 0.3) is 5.69 Å². The number of aryl methyl sites for hydroxylation is 1. The Bertz CT molecular complexity index is 668. The number of nitrogens with one attached hydrogen (secondary N) is 2. The molecule has 1 unspecified atom stereocenters. The molecule has 1 heterocycles. The van der Waals surface area contributed by atoms with Crippen molar-refractivity contribution < 1.29 is 4.92 Å². The van der Waals surface area contributed by atoms with Gasteiger partial charge in [-0.05, 0) is 44.3 Å². The summed E-state index contributed by atoms with van der Waals surface area (Å²) >= 11 is 5.24. The molecule has 2 rings (SSSR count). The van der Waals surface area contributed by atoms with Gasteiger partial charge >= 0.3 is 0 Å². The van der Waals surface area contributed by atoms with Gasteiger partial charge in [-0.15, -0.1) is 0 Å². The molecule has 2 N–H and O–H groups in total. The lowest BCUT2D eigenvalue weighted by molar-refractivity contribution is -0.384. The molecule has 0 aliphatic rings. The van der Waals surface area contributed by atoms with Gasteiger partial charge in [-0.3, -0.25) is 14.8 Å². The minimum Gasteiger partial charge on any atom is -0.354 e. The van der Waals surface area contributed by atoms with Crippen molar-refractivity contribution >= 4 is 28.7 Å². The Morgan fingerprint density at radius 2 is 2.09 bits per heavy atom. The molecule has 7 nitrogen and oxygen atoms in total. The summed E-state index contributed by atoms with van der Waals surface area (Å²) in [7, 11) is 0. The van der Waals surface area contributed by atoms with Gasteiger partial charge < -0.3 is 10.6 Å². The van der Waals surface area contributed by atoms with Gasteiger partial charge in [0.2, 0.25) is 0 Å². The smallest absolute Gasteiger partial charge is 0.269 e. The molecule has 0 fully saturated rings. The number of hydrogen-bond acceptors (Lipinski definition) is 4. The molecule has 0 amide bonds. The molecule has 0 aliphatic heterocycles. The lowest BCUT2D eigenvalue weighted by Gasteiger charge is -2.15. The molecule has 2 aromatic rings. The van der Waals surface area contributed by atoms with E-state index < -0.39 is 4.92 Å². The fourth-order valence-corrected chi connectivity index (χ4v) is 2.18. The van der Waals surface area contributed by atoms with E-state index >= 15 is 0 Å². The van der Waals surface area contributed by atoms with Crippen LogP contribution >= 0.6 is 12.2 Å². The quantitative estimate of drug-likeness (QED) is 0.501. The fraction of sp³-hybridized carbons (Fsp3) is 0.286. The van der Waals surface area contributed by atoms with Gasteiger partial charge in [0.15, 0.2) is 5.11 Å². The second kappa shape index (κ2) is 6.99. The first-order valence-electron chi connectivity index (χ1n) is 6.85. The number of benzene rings is 1. The largest absolute Gasteiger partial charge is 0.354 e. The van der Waals surface area contributed by atoms with Crippen molar-refractivity contribution in [2.24, 2.45) is 0 Å². The second-order valence-electron chi connectivity index (χ2n) is 4.72. The molecule has 1 aromatic heterocycles. The van der Waals surface area contributed by atoms with Crippen LogP contribution in [0.25, 0.3) is 0 Å². The van der Waals surface area contributed by atoms with E-state index in [1.165, 1.54) is 12.1 Å². The first-order valence-corrected chi connectivity index (χ1v) is 7.25. The van der Waals surface area contributed by atoms with Crippen molar-refractivity contribution in [2.45, 2.75) is 26.4 Å². The predicted octanol–water partition coefficient (Wildman–Crippen LogP) is 2.86. The van der Waals surface area contributed by atoms with E-state index in [1.54, 1.807) is 12.1 Å². The lowest BCUT2D eigenvalue weighted by Crippen LogP contribution is -2.31. The average molecular weight is 319 g/mol. The van der Waals surface area contributed by atoms with E-state index in [0.29, 0.717) is 10.8 Å². The number of aromatic nitrogens is 2. The minimum atomic E-state index is -0.438. The maximum absolute atomic E-state index is 10.6. The number of anilines is 1. The topological polar surface area (TPSA) is 85.0 Å². The van der Waals surface area contributed by atoms with Crippen LogP contribution in [-0.4, -0.2) is 19.8 Å². The fourth-order valence-electron chi connectivity index (χ4n) is 1.89. The Kier molecular flexibility index (Phi) is 5.05. The summed E-state index contributed by atoms with van der Waals surface area (Å²) in [4.78, 5) is 10.2. The zero-order valence-corrected chi connectivity index (χ0v) is 13.1. The first kappa shape index (κ1) is 15.9. The highest BCUT2D eigenvalue weighted by molar-refractivity contribution is 7.80. The van der Waals surface area contributed by atoms with Crippen LogP contribution in [0.5, 0.6) is 0 Å². The average Bonchev–Trinajstić information content (AvgIpc) is 2.96. The number of nitro groups is 1. The Labute approximate surface area is 133 Å². The third kappa shape index (κ3) is 4.01. The van der Waals surface area contributed by atoms with Gasteiger partial charge in [-0.25, -0.2) is 0 Å². The number of hydrogen-bond donors (Lipinski definition) is 2. The molecule has 0 spiro atoms. The van der Waals surface area contributed by atoms with Crippen molar-refractivity contribution in [1.82, 2.24) is 15.1 Å². The van der Waals surface area contributed by atoms with Crippen molar-refractivity contribution in [2.75, 3.05) is 5.32 Å². The summed E-state index contributed by atoms with van der Waals surface area (Å²) < 4.78 is 1.85. The van der Waals surface area contributed by atoms with Gasteiger partial charge in [0.1, 0.15) is 0 Å². The standard InChI is InChI=1S/C14H17N5O2S/c1-3-18-9-8-13(17-18)10(2)15-14(22)16-11-4-6-12(7-5-11)19(20)21/h4-10H,3H2,1-2H3,(H2,15,16,22). The Morgan fingerprint density at radius 3 is 2.64 bits per heavy atom. The molecule has 0 saturated carbocycles. The Balaban J connectivity index is 1.93. The summed E-state index contributed by atoms with van der Waals surface area (Å²) in [6, 6.07) is 7.99. The SMILES string of the molecule is CCn1ccc(C(C)NC(=S)Nc2ccc([N+](=O)[O-])cc2)n1. The summed E-state index contributed by atoms with van der Waals surface area (Å²) in [5, 5.41) is 21.6. The summed E-state index contributed by atoms with van der Waals surface area (Å²) in [6.45, 7) is 4.81. The van der Waals surface area contributed by atoms with Crippen molar-refractivity contribution in [3.63, 3.8) is 0 Å². The van der Waals surface area contributed by atoms with Crippen molar-refractivity contribution in [3.05, 3.63) is 52.3 Å². The number of rotatable bonds is 5. The van der Waals surface area contributed by atoms with E-state index in [2.05, 4.69) is 15.7 Å². The van der Waals surface area contributed by atoms with Crippen LogP contribution in [0.3, 0.4) is 0 Å². The van der Waals surface area contributed by atoms with Crippen LogP contribution in [0, 0.1) is 10.1 Å². The van der Waals surface area contributed by atoms with Gasteiger partial charge in [0.05, 0.1) is 16.7 Å². The molecule has 0 bridgehead atoms. The normalized spacial score (nSPS) is 11.7. The molecule has 8 heteroatoms. The number of thiocarbonyl (C=S) groups is 1. The molecule has 1 atom stereocenters. The van der Waals surface area contributed by atoms with Crippen LogP contribution in [0.2, 0.25) is 0 Å². The van der Waals surface area contributed by atoms with E-state index in [4.69, 9.17) is 12.2 Å². The highest BCUT2D eigenvalue weighted by atomic mass is 32.1. The molecule has 116 valence electrons. The Morgan fingerprint density at radius 1 is 1.41 bits per heavy atom. The highest BCUT2D eigenvalue weighted by Crippen LogP contribution is 2.16.